The van der Waals surface area contributed by atoms with Crippen LogP contribution in [0.5, 0.6) is 0 Å². The SMILES string of the molecule is CCCCCCCCN1C(=O)/C(=C\c2c(N3CCC(C(N)=O)CC3)nc3ccc(C)cn3c2=O)SC1=S. The first-order valence-electron chi connectivity index (χ1n) is 13.1. The monoisotopic (exact) mass is 541 g/mol. The molecule has 8 nitrogen and oxygen atoms in total. The molecule has 0 saturated carbocycles. The Morgan fingerprint density at radius 3 is 2.57 bits per heavy atom. The molecule has 0 aromatic carbocycles. The summed E-state index contributed by atoms with van der Waals surface area (Å²) < 4.78 is 2.05. The van der Waals surface area contributed by atoms with E-state index < -0.39 is 0 Å². The van der Waals surface area contributed by atoms with Crippen molar-refractivity contribution in [1.82, 2.24) is 14.3 Å². The van der Waals surface area contributed by atoms with Crippen molar-refractivity contribution in [1.29, 1.82) is 0 Å². The van der Waals surface area contributed by atoms with Gasteiger partial charge in [0.25, 0.3) is 11.5 Å². The fourth-order valence-corrected chi connectivity index (χ4v) is 6.15. The van der Waals surface area contributed by atoms with E-state index in [2.05, 4.69) is 6.92 Å². The third-order valence-corrected chi connectivity index (χ3v) is 8.44. The zero-order chi connectivity index (χ0) is 26.5. The predicted octanol–water partition coefficient (Wildman–Crippen LogP) is 4.27. The van der Waals surface area contributed by atoms with Crippen LogP contribution < -0.4 is 16.2 Å². The molecule has 0 atom stereocenters. The maximum atomic E-state index is 13.7. The zero-order valence-corrected chi connectivity index (χ0v) is 23.2. The van der Waals surface area contributed by atoms with Crippen LogP contribution in [0.15, 0.2) is 28.0 Å². The van der Waals surface area contributed by atoms with Crippen molar-refractivity contribution in [3.05, 3.63) is 44.7 Å². The van der Waals surface area contributed by atoms with Crippen LogP contribution in [0, 0.1) is 12.8 Å². The van der Waals surface area contributed by atoms with E-state index in [4.69, 9.17) is 22.9 Å². The van der Waals surface area contributed by atoms with Crippen LogP contribution in [0.4, 0.5) is 5.82 Å². The highest BCUT2D eigenvalue weighted by atomic mass is 32.2. The molecule has 0 radical (unpaired) electrons. The third kappa shape index (κ3) is 6.23. The number of nitrogens with two attached hydrogens (primary N) is 1. The molecule has 2 aliphatic rings. The lowest BCUT2D eigenvalue weighted by molar-refractivity contribution is -0.123. The summed E-state index contributed by atoms with van der Waals surface area (Å²) in [5.74, 6) is -0.105. The highest BCUT2D eigenvalue weighted by molar-refractivity contribution is 8.26. The van der Waals surface area contributed by atoms with Gasteiger partial charge in [0.15, 0.2) is 0 Å². The Morgan fingerprint density at radius 1 is 1.16 bits per heavy atom. The number of hydrogen-bond donors (Lipinski definition) is 1. The molecule has 4 rings (SSSR count). The van der Waals surface area contributed by atoms with Crippen LogP contribution in [0.3, 0.4) is 0 Å². The number of thioether (sulfide) groups is 1. The number of unbranched alkanes of at least 4 members (excludes halogenated alkanes) is 5. The Labute approximate surface area is 227 Å². The fraction of sp³-hybridized carbons (Fsp3) is 0.519. The van der Waals surface area contributed by atoms with E-state index >= 15 is 0 Å². The van der Waals surface area contributed by atoms with Gasteiger partial charge in [-0.3, -0.25) is 23.7 Å². The van der Waals surface area contributed by atoms with Crippen LogP contribution in [-0.2, 0) is 9.59 Å². The largest absolute Gasteiger partial charge is 0.369 e. The van der Waals surface area contributed by atoms with Gasteiger partial charge in [-0.05, 0) is 43.9 Å². The number of anilines is 1. The molecule has 2 aromatic heterocycles. The van der Waals surface area contributed by atoms with Gasteiger partial charge in [0, 0.05) is 31.7 Å². The number of rotatable bonds is 10. The number of thiocarbonyl (C=S) groups is 1. The molecule has 2 fully saturated rings. The van der Waals surface area contributed by atoms with Crippen molar-refractivity contribution in [3.8, 4) is 0 Å². The first kappa shape index (κ1) is 27.3. The normalized spacial score (nSPS) is 17.9. The maximum absolute atomic E-state index is 13.7. The molecular formula is C27H35N5O3S2. The minimum absolute atomic E-state index is 0.157. The molecule has 0 unspecified atom stereocenters. The summed E-state index contributed by atoms with van der Waals surface area (Å²) in [6, 6.07) is 3.73. The predicted molar refractivity (Wildman–Crippen MR) is 154 cm³/mol. The number of aromatic nitrogens is 2. The summed E-state index contributed by atoms with van der Waals surface area (Å²) in [4.78, 5) is 47.6. The molecule has 10 heteroatoms. The smallest absolute Gasteiger partial charge is 0.267 e. The number of aryl methyl sites for hydroxylation is 1. The molecule has 0 bridgehead atoms. The number of hydrogen-bond acceptors (Lipinski definition) is 7. The topological polar surface area (TPSA) is 101 Å². The molecule has 2 aromatic rings. The Balaban J connectivity index is 1.62. The summed E-state index contributed by atoms with van der Waals surface area (Å²) in [5.41, 5.74) is 7.11. The minimum atomic E-state index is -0.295. The van der Waals surface area contributed by atoms with Gasteiger partial charge in [0.2, 0.25) is 5.91 Å². The lowest BCUT2D eigenvalue weighted by atomic mass is 9.96. The van der Waals surface area contributed by atoms with E-state index in [0.717, 1.165) is 24.8 Å². The lowest BCUT2D eigenvalue weighted by Gasteiger charge is -2.32. The number of piperidine rings is 1. The Morgan fingerprint density at radius 2 is 1.86 bits per heavy atom. The first-order chi connectivity index (χ1) is 17.8. The number of pyridine rings is 1. The lowest BCUT2D eigenvalue weighted by Crippen LogP contribution is -2.40. The molecule has 0 spiro atoms. The van der Waals surface area contributed by atoms with E-state index in [1.165, 1.54) is 35.4 Å². The number of carbonyl (C=O) groups excluding carboxylic acids is 2. The molecule has 2 aliphatic heterocycles. The highest BCUT2D eigenvalue weighted by Crippen LogP contribution is 2.34. The van der Waals surface area contributed by atoms with E-state index in [-0.39, 0.29) is 23.3 Å². The highest BCUT2D eigenvalue weighted by Gasteiger charge is 2.33. The molecule has 4 heterocycles. The Hall–Kier alpha value is -2.72. The molecular weight excluding hydrogens is 506 g/mol. The van der Waals surface area contributed by atoms with Crippen molar-refractivity contribution in [3.63, 3.8) is 0 Å². The van der Waals surface area contributed by atoms with Gasteiger partial charge in [-0.2, -0.15) is 0 Å². The summed E-state index contributed by atoms with van der Waals surface area (Å²) in [6.07, 6.45) is 11.4. The third-order valence-electron chi connectivity index (χ3n) is 7.07. The van der Waals surface area contributed by atoms with Gasteiger partial charge in [-0.25, -0.2) is 4.98 Å². The van der Waals surface area contributed by atoms with E-state index in [9.17, 15) is 14.4 Å². The van der Waals surface area contributed by atoms with Crippen molar-refractivity contribution in [2.45, 2.75) is 65.2 Å². The van der Waals surface area contributed by atoms with Crippen LogP contribution in [-0.4, -0.2) is 50.1 Å². The van der Waals surface area contributed by atoms with Crippen molar-refractivity contribution in [2.75, 3.05) is 24.5 Å². The summed E-state index contributed by atoms with van der Waals surface area (Å²) in [6.45, 7) is 5.82. The van der Waals surface area contributed by atoms with Crippen molar-refractivity contribution < 1.29 is 9.59 Å². The molecule has 0 aliphatic carbocycles. The second kappa shape index (κ2) is 12.2. The molecule has 2 amide bonds. The Bertz CT molecular complexity index is 1280. The molecule has 198 valence electrons. The van der Waals surface area contributed by atoms with Gasteiger partial charge in [0.1, 0.15) is 15.8 Å². The van der Waals surface area contributed by atoms with Gasteiger partial charge >= 0.3 is 0 Å². The average molecular weight is 542 g/mol. The first-order valence-corrected chi connectivity index (χ1v) is 14.3. The van der Waals surface area contributed by atoms with Crippen LogP contribution in [0.2, 0.25) is 0 Å². The Kier molecular flexibility index (Phi) is 9.02. The number of carbonyl (C=O) groups is 2. The number of amides is 2. The maximum Gasteiger partial charge on any atom is 0.267 e. The van der Waals surface area contributed by atoms with Crippen molar-refractivity contribution >= 4 is 57.7 Å². The van der Waals surface area contributed by atoms with Crippen LogP contribution in [0.1, 0.15) is 69.4 Å². The van der Waals surface area contributed by atoms with Crippen molar-refractivity contribution in [2.24, 2.45) is 11.7 Å². The summed E-state index contributed by atoms with van der Waals surface area (Å²) >= 11 is 6.77. The van der Waals surface area contributed by atoms with Gasteiger partial charge in [-0.15, -0.1) is 0 Å². The number of primary amides is 1. The quantitative estimate of drug-likeness (QED) is 0.272. The number of fused-ring (bicyclic) bond motifs is 1. The summed E-state index contributed by atoms with van der Waals surface area (Å²) in [5, 5.41) is 0. The van der Waals surface area contributed by atoms with E-state index in [1.54, 1.807) is 17.2 Å². The standard InChI is InChI=1S/C27H35N5O3S2/c1-3-4-5-6-7-8-13-31-26(35)21(37-27(31)36)16-20-24(30-14-11-19(12-15-30)23(28)33)29-22-10-9-18(2)17-32(22)25(20)34/h9-10,16-17,19H,3-8,11-15H2,1-2H3,(H2,28,33)/b21-16+. The molecule has 2 saturated heterocycles. The van der Waals surface area contributed by atoms with Gasteiger partial charge in [-0.1, -0.05) is 69.1 Å². The average Bonchev–Trinajstić information content (AvgIpc) is 3.15. The molecule has 37 heavy (non-hydrogen) atoms. The fourth-order valence-electron chi connectivity index (χ4n) is 4.86. The minimum Gasteiger partial charge on any atom is -0.369 e. The van der Waals surface area contributed by atoms with Crippen LogP contribution >= 0.6 is 24.0 Å². The second-order valence-corrected chi connectivity index (χ2v) is 11.5. The molecule has 2 N–H and O–H groups in total. The zero-order valence-electron chi connectivity index (χ0n) is 21.6. The van der Waals surface area contributed by atoms with Gasteiger partial charge < -0.3 is 10.6 Å². The van der Waals surface area contributed by atoms with Gasteiger partial charge in [0.05, 0.1) is 10.5 Å². The van der Waals surface area contributed by atoms with Crippen LogP contribution in [0.25, 0.3) is 11.7 Å². The second-order valence-electron chi connectivity index (χ2n) is 9.85. The summed E-state index contributed by atoms with van der Waals surface area (Å²) in [7, 11) is 0. The van der Waals surface area contributed by atoms with E-state index in [0.29, 0.717) is 58.7 Å². The van der Waals surface area contributed by atoms with E-state index in [1.807, 2.05) is 24.0 Å². The number of nitrogens with zero attached hydrogens (tertiary/aromatic N) is 4.